The van der Waals surface area contributed by atoms with Crippen LogP contribution in [0.5, 0.6) is 23.0 Å². The maximum absolute atomic E-state index is 14.2. The minimum absolute atomic E-state index is 0.00518. The Morgan fingerprint density at radius 2 is 1.47 bits per heavy atom. The van der Waals surface area contributed by atoms with E-state index in [1.807, 2.05) is 73.4 Å². The molecule has 1 aliphatic carbocycles. The standard InChI is InChI=1S/C49H46N2O9/c1-28(46(55)51-27-35-12-7-6-10-33(35)15-16-34-11-8-9-13-41(34)51)22-29(2)50-44(54)23-32-14-19-40-45-47(59-45)60-49(48(40,5)26-32)38-20-17-36(56-30(3)52)24-42(38)58-43-25-37(57-31(4)53)18-21-39(43)49/h6-21,24-25,28-29,45,47H,22-23,26-27H2,1-5H3,(H,50,54)/b16-15-. The van der Waals surface area contributed by atoms with Crippen molar-refractivity contribution in [2.24, 2.45) is 11.3 Å². The van der Waals surface area contributed by atoms with E-state index in [9.17, 15) is 19.2 Å². The fourth-order valence-electron chi connectivity index (χ4n) is 9.61. The summed E-state index contributed by atoms with van der Waals surface area (Å²) in [7, 11) is 0. The van der Waals surface area contributed by atoms with Crippen LogP contribution in [-0.4, -0.2) is 42.2 Å². The van der Waals surface area contributed by atoms with E-state index in [1.54, 1.807) is 24.3 Å². The highest BCUT2D eigenvalue weighted by Crippen LogP contribution is 2.68. The zero-order valence-corrected chi connectivity index (χ0v) is 34.2. The van der Waals surface area contributed by atoms with E-state index in [-0.39, 0.29) is 36.3 Å². The lowest BCUT2D eigenvalue weighted by Crippen LogP contribution is -2.55. The molecule has 9 rings (SSSR count). The number of fused-ring (bicyclic) bond motifs is 10. The van der Waals surface area contributed by atoms with Gasteiger partial charge in [-0.3, -0.25) is 19.2 Å². The van der Waals surface area contributed by atoms with Crippen molar-refractivity contribution in [3.05, 3.63) is 136 Å². The molecule has 5 aliphatic rings. The molecule has 2 amide bonds. The van der Waals surface area contributed by atoms with Crippen LogP contribution in [0.2, 0.25) is 0 Å². The number of carbonyl (C=O) groups excluding carboxylic acids is 4. The Hall–Kier alpha value is -6.30. The van der Waals surface area contributed by atoms with Crippen molar-refractivity contribution in [2.75, 3.05) is 4.90 Å². The van der Waals surface area contributed by atoms with Gasteiger partial charge < -0.3 is 33.9 Å². The Morgan fingerprint density at radius 3 is 2.15 bits per heavy atom. The molecule has 5 unspecified atom stereocenters. The first kappa shape index (κ1) is 39.2. The number of benzene rings is 4. The van der Waals surface area contributed by atoms with Gasteiger partial charge in [0.15, 0.2) is 6.29 Å². The third-order valence-electron chi connectivity index (χ3n) is 12.2. The van der Waals surface area contributed by atoms with E-state index in [0.717, 1.165) is 33.5 Å². The second-order valence-corrected chi connectivity index (χ2v) is 16.6. The third-order valence-corrected chi connectivity index (χ3v) is 12.2. The smallest absolute Gasteiger partial charge is 0.308 e. The molecule has 0 bridgehead atoms. The number of rotatable bonds is 8. The SMILES string of the molecule is CC(=O)Oc1ccc2c(c1)Oc1cc(OC(C)=O)ccc1C21OC2OC2C2=CC=C(CC(=O)NC(C)CC(C)C(=O)N3Cc4ccccc4/C=C\c4ccccc43)CC21C. The summed E-state index contributed by atoms with van der Waals surface area (Å²) in [5.41, 5.74) is 5.34. The maximum atomic E-state index is 14.2. The molecule has 4 aliphatic heterocycles. The minimum atomic E-state index is -1.18. The van der Waals surface area contributed by atoms with Crippen LogP contribution < -0.4 is 24.4 Å². The van der Waals surface area contributed by atoms with E-state index in [4.69, 9.17) is 23.7 Å². The summed E-state index contributed by atoms with van der Waals surface area (Å²) in [4.78, 5) is 53.8. The van der Waals surface area contributed by atoms with Crippen LogP contribution in [0.15, 0.2) is 108 Å². The van der Waals surface area contributed by atoms with Crippen molar-refractivity contribution in [1.82, 2.24) is 5.32 Å². The molecule has 4 aromatic rings. The molecule has 0 radical (unpaired) electrons. The van der Waals surface area contributed by atoms with E-state index < -0.39 is 29.2 Å². The molecule has 306 valence electrons. The van der Waals surface area contributed by atoms with E-state index in [1.165, 1.54) is 13.8 Å². The van der Waals surface area contributed by atoms with Crippen molar-refractivity contribution in [1.29, 1.82) is 0 Å². The first-order valence-corrected chi connectivity index (χ1v) is 20.4. The molecule has 4 aromatic carbocycles. The second-order valence-electron chi connectivity index (χ2n) is 16.6. The van der Waals surface area contributed by atoms with E-state index >= 15 is 0 Å². The lowest BCUT2D eigenvalue weighted by Gasteiger charge is -2.55. The van der Waals surface area contributed by atoms with Gasteiger partial charge in [0, 0.05) is 60.9 Å². The van der Waals surface area contributed by atoms with Gasteiger partial charge in [0.2, 0.25) is 11.8 Å². The molecule has 11 nitrogen and oxygen atoms in total. The number of ether oxygens (including phenoxy) is 5. The number of hydrogen-bond acceptors (Lipinski definition) is 9. The highest BCUT2D eigenvalue weighted by atomic mass is 16.8. The van der Waals surface area contributed by atoms with Crippen LogP contribution in [-0.2, 0) is 40.8 Å². The summed E-state index contributed by atoms with van der Waals surface area (Å²) in [6.07, 6.45) is 8.46. The number of epoxide rings is 1. The average molecular weight is 807 g/mol. The largest absolute Gasteiger partial charge is 0.456 e. The molecule has 60 heavy (non-hydrogen) atoms. The van der Waals surface area contributed by atoms with E-state index in [2.05, 4.69) is 42.6 Å². The summed E-state index contributed by atoms with van der Waals surface area (Å²) in [5, 5.41) is 3.18. The van der Waals surface area contributed by atoms with Gasteiger partial charge in [0.1, 0.15) is 34.7 Å². The van der Waals surface area contributed by atoms with Crippen molar-refractivity contribution in [3.63, 3.8) is 0 Å². The highest BCUT2D eigenvalue weighted by molar-refractivity contribution is 5.98. The van der Waals surface area contributed by atoms with Gasteiger partial charge in [-0.15, -0.1) is 0 Å². The van der Waals surface area contributed by atoms with Gasteiger partial charge in [0.25, 0.3) is 0 Å². The predicted octanol–water partition coefficient (Wildman–Crippen LogP) is 8.54. The van der Waals surface area contributed by atoms with Gasteiger partial charge >= 0.3 is 11.9 Å². The van der Waals surface area contributed by atoms with Crippen LogP contribution in [0.4, 0.5) is 5.69 Å². The Bertz CT molecular complexity index is 2490. The fourth-order valence-corrected chi connectivity index (χ4v) is 9.61. The topological polar surface area (TPSA) is 133 Å². The van der Waals surface area contributed by atoms with Crippen molar-refractivity contribution < 1.29 is 42.9 Å². The molecule has 4 heterocycles. The Kier molecular flexibility index (Phi) is 9.84. The second kappa shape index (κ2) is 15.1. The number of amides is 2. The number of nitrogens with zero attached hydrogens (tertiary/aromatic N) is 1. The minimum Gasteiger partial charge on any atom is -0.456 e. The number of carbonyl (C=O) groups is 4. The lowest BCUT2D eigenvalue weighted by molar-refractivity contribution is -0.142. The van der Waals surface area contributed by atoms with Crippen LogP contribution in [0, 0.1) is 11.3 Å². The normalized spacial score (nSPS) is 22.7. The van der Waals surface area contributed by atoms with Gasteiger partial charge in [-0.05, 0) is 72.4 Å². The van der Waals surface area contributed by atoms with Crippen LogP contribution in [0.25, 0.3) is 12.2 Å². The zero-order chi connectivity index (χ0) is 41.9. The Balaban J connectivity index is 0.955. The molecule has 0 saturated carbocycles. The number of esters is 2. The number of allylic oxidation sites excluding steroid dienone is 2. The summed E-state index contributed by atoms with van der Waals surface area (Å²) < 4.78 is 30.5. The van der Waals surface area contributed by atoms with Gasteiger partial charge in [-0.25, -0.2) is 0 Å². The number of nitrogens with one attached hydrogen (secondary N) is 1. The first-order chi connectivity index (χ1) is 28.8. The Morgan fingerprint density at radius 1 is 0.833 bits per heavy atom. The third kappa shape index (κ3) is 6.91. The summed E-state index contributed by atoms with van der Waals surface area (Å²) >= 11 is 0. The molecule has 2 saturated heterocycles. The van der Waals surface area contributed by atoms with Crippen molar-refractivity contribution in [3.8, 4) is 23.0 Å². The van der Waals surface area contributed by atoms with E-state index in [0.29, 0.717) is 53.5 Å². The molecule has 1 N–H and O–H groups in total. The van der Waals surface area contributed by atoms with Crippen LogP contribution >= 0.6 is 0 Å². The lowest BCUT2D eigenvalue weighted by atomic mass is 9.55. The van der Waals surface area contributed by atoms with Gasteiger partial charge in [0.05, 0.1) is 12.2 Å². The first-order valence-electron chi connectivity index (χ1n) is 20.4. The van der Waals surface area contributed by atoms with Crippen molar-refractivity contribution in [2.45, 2.75) is 84.5 Å². The van der Waals surface area contributed by atoms with Gasteiger partial charge in [-0.1, -0.05) is 86.2 Å². The highest BCUT2D eigenvalue weighted by Gasteiger charge is 2.69. The number of hydrogen-bond donors (Lipinski definition) is 1. The number of para-hydroxylation sites is 1. The predicted molar refractivity (Wildman–Crippen MR) is 224 cm³/mol. The fraction of sp³-hybridized carbons (Fsp3) is 0.306. The van der Waals surface area contributed by atoms with Crippen molar-refractivity contribution >= 4 is 41.6 Å². The summed E-state index contributed by atoms with van der Waals surface area (Å²) in [6.45, 7) is 9.09. The molecular weight excluding hydrogens is 761 g/mol. The Labute approximate surface area is 348 Å². The average Bonchev–Trinajstić information content (AvgIpc) is 3.96. The number of anilines is 1. The molecule has 1 spiro atoms. The molecule has 2 fully saturated rings. The molecule has 11 heteroatoms. The summed E-state index contributed by atoms with van der Waals surface area (Å²) in [6, 6.07) is 26.2. The zero-order valence-electron chi connectivity index (χ0n) is 34.2. The molecule has 0 aromatic heterocycles. The van der Waals surface area contributed by atoms with Crippen LogP contribution in [0.3, 0.4) is 0 Å². The molecular formula is C49H46N2O9. The quantitative estimate of drug-likeness (QED) is 0.106. The van der Waals surface area contributed by atoms with Crippen LogP contribution in [0.1, 0.15) is 81.7 Å². The monoisotopic (exact) mass is 806 g/mol. The molecule has 5 atom stereocenters. The maximum Gasteiger partial charge on any atom is 0.308 e. The van der Waals surface area contributed by atoms with Gasteiger partial charge in [-0.2, -0.15) is 0 Å². The summed E-state index contributed by atoms with van der Waals surface area (Å²) in [5.74, 6) is -0.0616.